The first-order chi connectivity index (χ1) is 25.2. The molecule has 0 saturated heterocycles. The molecule has 8 aromatic carbocycles. The molecule has 1 aliphatic rings. The molecule has 1 aromatic heterocycles. The van der Waals surface area contributed by atoms with Gasteiger partial charge in [0.25, 0.3) is 0 Å². The van der Waals surface area contributed by atoms with Gasteiger partial charge in [-0.15, -0.1) is 0 Å². The van der Waals surface area contributed by atoms with Crippen LogP contribution in [0, 0.1) is 0 Å². The molecule has 0 radical (unpaired) electrons. The summed E-state index contributed by atoms with van der Waals surface area (Å²) >= 11 is 0. The molecule has 10 rings (SSSR count). The van der Waals surface area contributed by atoms with Crippen LogP contribution in [0.25, 0.3) is 77.4 Å². The lowest BCUT2D eigenvalue weighted by Gasteiger charge is -2.24. The van der Waals surface area contributed by atoms with E-state index in [-0.39, 0.29) is 0 Å². The summed E-state index contributed by atoms with van der Waals surface area (Å²) in [6.07, 6.45) is 5.70. The van der Waals surface area contributed by atoms with Crippen molar-refractivity contribution in [3.8, 4) is 27.9 Å². The van der Waals surface area contributed by atoms with Gasteiger partial charge in [0.15, 0.2) is 0 Å². The SMILES string of the molecule is C[C@H]1c2ccccc2C=CCC1c1ccc(-c2ccc(-c3ccc4c(c3)c3c5ccccc5c5ccccc5c3n4-c3ccccc3)cc2)cc1. The second kappa shape index (κ2) is 12.0. The lowest BCUT2D eigenvalue weighted by Crippen LogP contribution is -2.07. The van der Waals surface area contributed by atoms with Crippen molar-refractivity contribution in [2.75, 3.05) is 0 Å². The highest BCUT2D eigenvalue weighted by molar-refractivity contribution is 6.32. The number of nitrogens with zero attached hydrogens (tertiary/aromatic N) is 1. The smallest absolute Gasteiger partial charge is 0.0625 e. The Morgan fingerprint density at radius 3 is 1.80 bits per heavy atom. The van der Waals surface area contributed by atoms with Crippen LogP contribution in [0.2, 0.25) is 0 Å². The topological polar surface area (TPSA) is 4.93 Å². The number of para-hydroxylation sites is 1. The van der Waals surface area contributed by atoms with Crippen molar-refractivity contribution in [3.63, 3.8) is 0 Å². The van der Waals surface area contributed by atoms with E-state index in [2.05, 4.69) is 194 Å². The average Bonchev–Trinajstić information content (AvgIpc) is 3.45. The summed E-state index contributed by atoms with van der Waals surface area (Å²) in [6, 6.07) is 62.8. The third-order valence-electron chi connectivity index (χ3n) is 11.3. The molecule has 0 bridgehead atoms. The molecule has 0 fully saturated rings. The lowest BCUT2D eigenvalue weighted by atomic mass is 9.80. The van der Waals surface area contributed by atoms with Crippen LogP contribution in [0.15, 0.2) is 176 Å². The van der Waals surface area contributed by atoms with Crippen molar-refractivity contribution >= 4 is 49.4 Å². The summed E-state index contributed by atoms with van der Waals surface area (Å²) in [5.74, 6) is 0.941. The van der Waals surface area contributed by atoms with Crippen LogP contribution in [-0.2, 0) is 0 Å². The first kappa shape index (κ1) is 29.7. The highest BCUT2D eigenvalue weighted by Crippen LogP contribution is 2.44. The van der Waals surface area contributed by atoms with Crippen LogP contribution in [0.1, 0.15) is 41.9 Å². The Kier molecular flexibility index (Phi) is 6.99. The zero-order valence-corrected chi connectivity index (χ0v) is 28.6. The molecule has 0 aliphatic heterocycles. The lowest BCUT2D eigenvalue weighted by molar-refractivity contribution is 0.586. The summed E-state index contributed by atoms with van der Waals surface area (Å²) in [6.45, 7) is 2.38. The Labute approximate surface area is 298 Å². The fourth-order valence-electron chi connectivity index (χ4n) is 8.75. The number of hydrogen-bond acceptors (Lipinski definition) is 0. The average molecular weight is 652 g/mol. The summed E-state index contributed by atoms with van der Waals surface area (Å²) in [5.41, 5.74) is 12.8. The summed E-state index contributed by atoms with van der Waals surface area (Å²) in [7, 11) is 0. The van der Waals surface area contributed by atoms with E-state index in [4.69, 9.17) is 0 Å². The zero-order chi connectivity index (χ0) is 33.9. The van der Waals surface area contributed by atoms with Gasteiger partial charge in [0.2, 0.25) is 0 Å². The van der Waals surface area contributed by atoms with E-state index in [0.29, 0.717) is 11.8 Å². The number of fused-ring (bicyclic) bond motifs is 9. The Morgan fingerprint density at radius 2 is 1.06 bits per heavy atom. The quantitative estimate of drug-likeness (QED) is 0.167. The molecule has 0 saturated carbocycles. The molecule has 1 unspecified atom stereocenters. The molecule has 51 heavy (non-hydrogen) atoms. The highest BCUT2D eigenvalue weighted by Gasteiger charge is 2.24. The van der Waals surface area contributed by atoms with E-state index in [9.17, 15) is 0 Å². The predicted octanol–water partition coefficient (Wildman–Crippen LogP) is 13.7. The van der Waals surface area contributed by atoms with Gasteiger partial charge in [0, 0.05) is 21.8 Å². The molecule has 1 aliphatic carbocycles. The molecule has 0 amide bonds. The van der Waals surface area contributed by atoms with Crippen LogP contribution in [0.5, 0.6) is 0 Å². The van der Waals surface area contributed by atoms with Crippen molar-refractivity contribution in [3.05, 3.63) is 193 Å². The number of rotatable bonds is 4. The van der Waals surface area contributed by atoms with Crippen molar-refractivity contribution in [2.24, 2.45) is 0 Å². The van der Waals surface area contributed by atoms with Crippen LogP contribution in [-0.4, -0.2) is 4.57 Å². The second-order valence-electron chi connectivity index (χ2n) is 14.1. The van der Waals surface area contributed by atoms with Crippen molar-refractivity contribution in [1.29, 1.82) is 0 Å². The molecule has 9 aromatic rings. The molecule has 242 valence electrons. The molecule has 1 nitrogen and oxygen atoms in total. The Morgan fingerprint density at radius 1 is 0.490 bits per heavy atom. The van der Waals surface area contributed by atoms with Crippen molar-refractivity contribution in [1.82, 2.24) is 4.57 Å². The molecule has 0 N–H and O–H groups in total. The van der Waals surface area contributed by atoms with E-state index in [1.807, 2.05) is 0 Å². The van der Waals surface area contributed by atoms with Crippen LogP contribution >= 0.6 is 0 Å². The number of benzene rings is 8. The number of allylic oxidation sites excluding steroid dienone is 1. The molecule has 1 heterocycles. The van der Waals surface area contributed by atoms with Gasteiger partial charge in [-0.1, -0.05) is 165 Å². The Hall–Kier alpha value is -6.18. The first-order valence-corrected chi connectivity index (χ1v) is 18.1. The van der Waals surface area contributed by atoms with Gasteiger partial charge in [-0.25, -0.2) is 0 Å². The van der Waals surface area contributed by atoms with E-state index in [1.54, 1.807) is 0 Å². The van der Waals surface area contributed by atoms with E-state index in [1.165, 1.54) is 88.0 Å². The fraction of sp³-hybridized carbons (Fsp3) is 0.0800. The maximum atomic E-state index is 2.46. The van der Waals surface area contributed by atoms with Gasteiger partial charge in [-0.05, 0) is 97.6 Å². The molecule has 0 spiro atoms. The third-order valence-corrected chi connectivity index (χ3v) is 11.3. The van der Waals surface area contributed by atoms with Gasteiger partial charge in [0.05, 0.1) is 11.0 Å². The molecular formula is C50H37N. The third kappa shape index (κ3) is 4.84. The summed E-state index contributed by atoms with van der Waals surface area (Å²) < 4.78 is 2.46. The minimum atomic E-state index is 0.470. The Bertz CT molecular complexity index is 2760. The highest BCUT2D eigenvalue weighted by atomic mass is 15.0. The van der Waals surface area contributed by atoms with Crippen LogP contribution in [0.4, 0.5) is 0 Å². The summed E-state index contributed by atoms with van der Waals surface area (Å²) in [4.78, 5) is 0. The second-order valence-corrected chi connectivity index (χ2v) is 14.1. The van der Waals surface area contributed by atoms with E-state index < -0.39 is 0 Å². The first-order valence-electron chi connectivity index (χ1n) is 18.1. The van der Waals surface area contributed by atoms with Gasteiger partial charge < -0.3 is 4.57 Å². The van der Waals surface area contributed by atoms with Gasteiger partial charge in [-0.2, -0.15) is 0 Å². The van der Waals surface area contributed by atoms with Crippen LogP contribution < -0.4 is 0 Å². The van der Waals surface area contributed by atoms with E-state index in [0.717, 1.165) is 6.42 Å². The van der Waals surface area contributed by atoms with Gasteiger partial charge in [-0.3, -0.25) is 0 Å². The standard InChI is InChI=1S/C50H37N/c1-33-41-16-6-5-12-37(41)13-11-21-42(33)38-28-26-35(27-29-38)34-22-24-36(25-23-34)39-30-31-48-47(32-39)49-45-19-9-7-17-43(45)44-18-8-10-20-46(44)50(49)51(48)40-14-3-2-4-15-40/h2-20,22-33,42H,21H2,1H3/t33-,42?/m0/s1. The molecular weight excluding hydrogens is 615 g/mol. The van der Waals surface area contributed by atoms with Gasteiger partial charge in [0.1, 0.15) is 0 Å². The predicted molar refractivity (Wildman–Crippen MR) is 218 cm³/mol. The normalized spacial score (nSPS) is 15.8. The summed E-state index contributed by atoms with van der Waals surface area (Å²) in [5, 5.41) is 7.73. The molecule has 2 atom stereocenters. The maximum Gasteiger partial charge on any atom is 0.0625 e. The number of aromatic nitrogens is 1. The van der Waals surface area contributed by atoms with Gasteiger partial charge >= 0.3 is 0 Å². The minimum Gasteiger partial charge on any atom is -0.309 e. The maximum absolute atomic E-state index is 2.46. The Balaban J connectivity index is 1.05. The molecule has 1 heteroatoms. The largest absolute Gasteiger partial charge is 0.309 e. The number of hydrogen-bond donors (Lipinski definition) is 0. The van der Waals surface area contributed by atoms with Crippen LogP contribution in [0.3, 0.4) is 0 Å². The van der Waals surface area contributed by atoms with Crippen molar-refractivity contribution in [2.45, 2.75) is 25.2 Å². The van der Waals surface area contributed by atoms with Crippen molar-refractivity contribution < 1.29 is 0 Å². The fourth-order valence-corrected chi connectivity index (χ4v) is 8.75. The zero-order valence-electron chi connectivity index (χ0n) is 28.6. The minimum absolute atomic E-state index is 0.470. The van der Waals surface area contributed by atoms with E-state index >= 15 is 0 Å². The monoisotopic (exact) mass is 651 g/mol.